The number of carbonyl (C=O) groups is 1. The monoisotopic (exact) mass is 281 g/mol. The normalized spacial score (nSPS) is 10.2. The topological polar surface area (TPSA) is 85.9 Å². The molecular weight excluding hydrogens is 266 g/mol. The molecular formula is C12H15N3O3S. The number of benzene rings is 1. The molecule has 1 rings (SSSR count). The van der Waals surface area contributed by atoms with Crippen molar-refractivity contribution in [2.24, 2.45) is 10.8 Å². The Morgan fingerprint density at radius 1 is 1.47 bits per heavy atom. The summed E-state index contributed by atoms with van der Waals surface area (Å²) in [5.74, 6) is 0.182. The summed E-state index contributed by atoms with van der Waals surface area (Å²) in [7, 11) is 0. The predicted octanol–water partition coefficient (Wildman–Crippen LogP) is 0.796. The second-order valence-electron chi connectivity index (χ2n) is 3.40. The highest BCUT2D eigenvalue weighted by atomic mass is 32.1. The van der Waals surface area contributed by atoms with Crippen LogP contribution in [-0.4, -0.2) is 30.5 Å². The lowest BCUT2D eigenvalue weighted by atomic mass is 10.2. The Bertz CT molecular complexity index is 460. The van der Waals surface area contributed by atoms with Gasteiger partial charge in [0.1, 0.15) is 5.75 Å². The number of hydrogen-bond acceptors (Lipinski definition) is 5. The van der Waals surface area contributed by atoms with Crippen molar-refractivity contribution in [2.75, 3.05) is 13.2 Å². The number of hydrogen-bond donors (Lipinski definition) is 2. The van der Waals surface area contributed by atoms with E-state index in [4.69, 9.17) is 15.2 Å². The van der Waals surface area contributed by atoms with Gasteiger partial charge in [0.15, 0.2) is 11.7 Å². The van der Waals surface area contributed by atoms with E-state index in [-0.39, 0.29) is 11.7 Å². The Labute approximate surface area is 116 Å². The van der Waals surface area contributed by atoms with E-state index in [1.54, 1.807) is 37.4 Å². The van der Waals surface area contributed by atoms with Gasteiger partial charge in [-0.15, -0.1) is 0 Å². The number of rotatable bonds is 6. The van der Waals surface area contributed by atoms with Crippen LogP contribution in [0.4, 0.5) is 0 Å². The van der Waals surface area contributed by atoms with Crippen molar-refractivity contribution in [2.45, 2.75) is 6.92 Å². The fourth-order valence-corrected chi connectivity index (χ4v) is 1.22. The lowest BCUT2D eigenvalue weighted by Crippen LogP contribution is -2.23. The van der Waals surface area contributed by atoms with Crippen LogP contribution in [-0.2, 0) is 9.53 Å². The number of esters is 1. The van der Waals surface area contributed by atoms with Crippen LogP contribution >= 0.6 is 12.2 Å². The van der Waals surface area contributed by atoms with E-state index in [1.165, 1.54) is 0 Å². The zero-order valence-corrected chi connectivity index (χ0v) is 11.3. The van der Waals surface area contributed by atoms with Gasteiger partial charge in [0, 0.05) is 0 Å². The fraction of sp³-hybridized carbons (Fsp3) is 0.250. The maximum atomic E-state index is 11.1. The minimum absolute atomic E-state index is 0.102. The Balaban J connectivity index is 2.45. The smallest absolute Gasteiger partial charge is 0.344 e. The van der Waals surface area contributed by atoms with E-state index in [0.29, 0.717) is 12.4 Å². The van der Waals surface area contributed by atoms with Crippen LogP contribution in [0.5, 0.6) is 5.75 Å². The third-order valence-electron chi connectivity index (χ3n) is 1.93. The molecule has 0 heterocycles. The fourth-order valence-electron chi connectivity index (χ4n) is 1.17. The summed E-state index contributed by atoms with van der Waals surface area (Å²) in [6.07, 6.45) is 1.56. The summed E-state index contributed by atoms with van der Waals surface area (Å²) in [6.45, 7) is 1.98. The number of carbonyl (C=O) groups excluding carboxylic acids is 1. The van der Waals surface area contributed by atoms with Crippen molar-refractivity contribution < 1.29 is 14.3 Å². The van der Waals surface area contributed by atoms with Gasteiger partial charge in [0.2, 0.25) is 0 Å². The molecule has 1 aromatic carbocycles. The second kappa shape index (κ2) is 8.04. The lowest BCUT2D eigenvalue weighted by molar-refractivity contribution is -0.145. The van der Waals surface area contributed by atoms with Crippen molar-refractivity contribution in [1.82, 2.24) is 5.43 Å². The van der Waals surface area contributed by atoms with Crippen LogP contribution < -0.4 is 15.9 Å². The standard InChI is InChI=1S/C12H15N3O3S/c1-2-17-11(16)8-18-10-5-3-9(4-6-10)7-14-15-12(13)19/h3-7H,2,8H2,1H3,(H3,13,15,19). The predicted molar refractivity (Wildman–Crippen MR) is 76.1 cm³/mol. The van der Waals surface area contributed by atoms with E-state index < -0.39 is 5.97 Å². The number of thiocarbonyl (C=S) groups is 1. The Kier molecular flexibility index (Phi) is 6.31. The Morgan fingerprint density at radius 3 is 2.74 bits per heavy atom. The highest BCUT2D eigenvalue weighted by Crippen LogP contribution is 2.10. The largest absolute Gasteiger partial charge is 0.482 e. The van der Waals surface area contributed by atoms with E-state index in [9.17, 15) is 4.79 Å². The molecule has 0 fully saturated rings. The molecule has 6 nitrogen and oxygen atoms in total. The molecule has 1 aromatic rings. The first-order valence-corrected chi connectivity index (χ1v) is 5.99. The summed E-state index contributed by atoms with van der Waals surface area (Å²) in [6, 6.07) is 7.01. The third kappa shape index (κ3) is 6.37. The summed E-state index contributed by atoms with van der Waals surface area (Å²) < 4.78 is 9.99. The first-order chi connectivity index (χ1) is 9.11. The molecule has 7 heteroatoms. The summed E-state index contributed by atoms with van der Waals surface area (Å²) in [5.41, 5.74) is 8.51. The average Bonchev–Trinajstić information content (AvgIpc) is 2.38. The number of nitrogens with two attached hydrogens (primary N) is 1. The van der Waals surface area contributed by atoms with Crippen LogP contribution in [0.25, 0.3) is 0 Å². The molecule has 0 amide bonds. The van der Waals surface area contributed by atoms with Gasteiger partial charge in [-0.1, -0.05) is 0 Å². The Hall–Kier alpha value is -2.15. The number of hydrazone groups is 1. The molecule has 0 saturated heterocycles. The molecule has 102 valence electrons. The SMILES string of the molecule is CCOC(=O)COc1ccc(C=NNC(N)=S)cc1. The zero-order valence-electron chi connectivity index (χ0n) is 10.5. The maximum absolute atomic E-state index is 11.1. The molecule has 19 heavy (non-hydrogen) atoms. The molecule has 0 aliphatic heterocycles. The second-order valence-corrected chi connectivity index (χ2v) is 3.84. The van der Waals surface area contributed by atoms with E-state index in [0.717, 1.165) is 5.56 Å². The summed E-state index contributed by atoms with van der Waals surface area (Å²) in [5, 5.41) is 3.92. The molecule has 0 unspecified atom stereocenters. The van der Waals surface area contributed by atoms with Crippen LogP contribution in [0.15, 0.2) is 29.4 Å². The van der Waals surface area contributed by atoms with Crippen molar-refractivity contribution >= 4 is 29.5 Å². The van der Waals surface area contributed by atoms with E-state index in [2.05, 4.69) is 22.7 Å². The van der Waals surface area contributed by atoms with Crippen LogP contribution in [0.3, 0.4) is 0 Å². The Morgan fingerprint density at radius 2 is 2.16 bits per heavy atom. The summed E-state index contributed by atoms with van der Waals surface area (Å²) >= 11 is 4.60. The van der Waals surface area contributed by atoms with Crippen molar-refractivity contribution in [3.63, 3.8) is 0 Å². The van der Waals surface area contributed by atoms with Crippen LogP contribution in [0.2, 0.25) is 0 Å². The number of nitrogens with zero attached hydrogens (tertiary/aromatic N) is 1. The minimum Gasteiger partial charge on any atom is -0.482 e. The van der Waals surface area contributed by atoms with Gasteiger partial charge in [0.25, 0.3) is 0 Å². The van der Waals surface area contributed by atoms with Crippen LogP contribution in [0, 0.1) is 0 Å². The lowest BCUT2D eigenvalue weighted by Gasteiger charge is -2.05. The third-order valence-corrected chi connectivity index (χ3v) is 2.02. The average molecular weight is 281 g/mol. The van der Waals surface area contributed by atoms with E-state index in [1.807, 2.05) is 0 Å². The molecule has 0 spiro atoms. The van der Waals surface area contributed by atoms with Gasteiger partial charge in [-0.3, -0.25) is 5.43 Å². The maximum Gasteiger partial charge on any atom is 0.344 e. The molecule has 0 atom stereocenters. The van der Waals surface area contributed by atoms with E-state index >= 15 is 0 Å². The zero-order chi connectivity index (χ0) is 14.1. The first-order valence-electron chi connectivity index (χ1n) is 5.59. The van der Waals surface area contributed by atoms with Gasteiger partial charge in [-0.05, 0) is 49.0 Å². The van der Waals surface area contributed by atoms with Gasteiger partial charge in [-0.2, -0.15) is 5.10 Å². The van der Waals surface area contributed by atoms with Crippen molar-refractivity contribution in [3.05, 3.63) is 29.8 Å². The molecule has 0 aliphatic carbocycles. The summed E-state index contributed by atoms with van der Waals surface area (Å²) in [4.78, 5) is 11.1. The minimum atomic E-state index is -0.395. The molecule has 0 radical (unpaired) electrons. The number of nitrogens with one attached hydrogen (secondary N) is 1. The molecule has 3 N–H and O–H groups in total. The number of ether oxygens (including phenoxy) is 2. The van der Waals surface area contributed by atoms with Crippen molar-refractivity contribution in [1.29, 1.82) is 0 Å². The van der Waals surface area contributed by atoms with Gasteiger partial charge < -0.3 is 15.2 Å². The molecule has 0 bridgehead atoms. The van der Waals surface area contributed by atoms with Crippen LogP contribution in [0.1, 0.15) is 12.5 Å². The highest BCUT2D eigenvalue weighted by Gasteiger charge is 2.02. The quantitative estimate of drug-likeness (QED) is 0.347. The first kappa shape index (κ1) is 14.9. The van der Waals surface area contributed by atoms with Crippen molar-refractivity contribution in [3.8, 4) is 5.75 Å². The van der Waals surface area contributed by atoms with Gasteiger partial charge in [-0.25, -0.2) is 4.79 Å². The molecule has 0 aromatic heterocycles. The molecule has 0 saturated carbocycles. The highest BCUT2D eigenvalue weighted by molar-refractivity contribution is 7.80. The van der Waals surface area contributed by atoms with Gasteiger partial charge in [0.05, 0.1) is 12.8 Å². The van der Waals surface area contributed by atoms with Gasteiger partial charge >= 0.3 is 5.97 Å². The molecule has 0 aliphatic rings.